The Bertz CT molecular complexity index is 1330. The van der Waals surface area contributed by atoms with E-state index in [1.807, 2.05) is 6.07 Å². The number of carbonyl (C=O) groups is 1. The summed E-state index contributed by atoms with van der Waals surface area (Å²) in [4.78, 5) is 29.6. The van der Waals surface area contributed by atoms with Crippen molar-refractivity contribution in [3.05, 3.63) is 81.4 Å². The highest BCUT2D eigenvalue weighted by atomic mass is 32.2. The van der Waals surface area contributed by atoms with E-state index in [2.05, 4.69) is 4.98 Å². The van der Waals surface area contributed by atoms with Gasteiger partial charge in [-0.25, -0.2) is 4.98 Å². The summed E-state index contributed by atoms with van der Waals surface area (Å²) in [6.07, 6.45) is 3.08. The Morgan fingerprint density at radius 2 is 1.82 bits per heavy atom. The maximum atomic E-state index is 13.1. The van der Waals surface area contributed by atoms with Gasteiger partial charge in [0.15, 0.2) is 15.8 Å². The number of nitro groups is 1. The van der Waals surface area contributed by atoms with Gasteiger partial charge in [-0.05, 0) is 42.0 Å². The molecule has 0 unspecified atom stereocenters. The van der Waals surface area contributed by atoms with Gasteiger partial charge in [-0.15, -0.1) is 0 Å². The van der Waals surface area contributed by atoms with Crippen molar-refractivity contribution in [2.75, 3.05) is 19.1 Å². The van der Waals surface area contributed by atoms with Crippen molar-refractivity contribution >= 4 is 51.7 Å². The van der Waals surface area contributed by atoms with Crippen LogP contribution in [0.3, 0.4) is 0 Å². The molecule has 0 aliphatic carbocycles. The summed E-state index contributed by atoms with van der Waals surface area (Å²) in [5.41, 5.74) is 0.947. The van der Waals surface area contributed by atoms with Gasteiger partial charge in [0.25, 0.3) is 11.8 Å². The van der Waals surface area contributed by atoms with Crippen molar-refractivity contribution in [1.82, 2.24) is 4.98 Å². The van der Waals surface area contributed by atoms with E-state index in [-0.39, 0.29) is 23.2 Å². The highest BCUT2D eigenvalue weighted by Gasteiger charge is 2.34. The molecule has 0 N–H and O–H groups in total. The van der Waals surface area contributed by atoms with Crippen LogP contribution in [0, 0.1) is 10.1 Å². The maximum Gasteiger partial charge on any atom is 0.331 e. The molecule has 1 aliphatic rings. The lowest BCUT2D eigenvalue weighted by Crippen LogP contribution is -2.27. The monoisotopic (exact) mass is 495 g/mol. The van der Waals surface area contributed by atoms with Gasteiger partial charge in [0, 0.05) is 12.3 Å². The minimum atomic E-state index is -0.576. The van der Waals surface area contributed by atoms with Crippen LogP contribution in [0.1, 0.15) is 5.56 Å². The van der Waals surface area contributed by atoms with Crippen molar-refractivity contribution < 1.29 is 23.9 Å². The van der Waals surface area contributed by atoms with Crippen LogP contribution in [0.15, 0.2) is 65.7 Å². The number of amides is 1. The van der Waals surface area contributed by atoms with E-state index in [1.165, 1.54) is 49.2 Å². The lowest BCUT2D eigenvalue weighted by Gasteiger charge is -2.17. The molecular formula is C23H17N3O6S2. The number of rotatable bonds is 7. The Labute approximate surface area is 204 Å². The molecule has 2 heterocycles. The molecule has 1 fully saturated rings. The highest BCUT2D eigenvalue weighted by molar-refractivity contribution is 8.27. The van der Waals surface area contributed by atoms with E-state index in [4.69, 9.17) is 26.4 Å². The second-order valence-electron chi connectivity index (χ2n) is 6.79. The molecule has 0 bridgehead atoms. The SMILES string of the molecule is COc1cc(/C=C2\SC(=S)N(c3ccccc3OC)C2=O)ccc1Oc1ncccc1[N+](=O)[O-]. The third-order valence-electron chi connectivity index (χ3n) is 4.76. The Morgan fingerprint density at radius 3 is 2.56 bits per heavy atom. The number of para-hydroxylation sites is 2. The largest absolute Gasteiger partial charge is 0.495 e. The number of aromatic nitrogens is 1. The van der Waals surface area contributed by atoms with Crippen LogP contribution in [0.5, 0.6) is 23.1 Å². The molecule has 9 nitrogen and oxygen atoms in total. The third-order valence-corrected chi connectivity index (χ3v) is 6.06. The fourth-order valence-corrected chi connectivity index (χ4v) is 4.49. The number of pyridine rings is 1. The van der Waals surface area contributed by atoms with Gasteiger partial charge in [0.1, 0.15) is 5.75 Å². The number of benzene rings is 2. The zero-order chi connectivity index (χ0) is 24.2. The van der Waals surface area contributed by atoms with Gasteiger partial charge >= 0.3 is 5.69 Å². The highest BCUT2D eigenvalue weighted by Crippen LogP contribution is 2.41. The summed E-state index contributed by atoms with van der Waals surface area (Å²) in [5, 5.41) is 11.2. The van der Waals surface area contributed by atoms with Crippen LogP contribution in [0.2, 0.25) is 0 Å². The van der Waals surface area contributed by atoms with Crippen molar-refractivity contribution in [2.45, 2.75) is 0 Å². The molecule has 1 amide bonds. The van der Waals surface area contributed by atoms with E-state index < -0.39 is 4.92 Å². The summed E-state index contributed by atoms with van der Waals surface area (Å²) >= 11 is 6.61. The fourth-order valence-electron chi connectivity index (χ4n) is 3.20. The Morgan fingerprint density at radius 1 is 1.06 bits per heavy atom. The minimum Gasteiger partial charge on any atom is -0.495 e. The number of methoxy groups -OCH3 is 2. The number of nitrogens with zero attached hydrogens (tertiary/aromatic N) is 3. The van der Waals surface area contributed by atoms with Gasteiger partial charge in [0.2, 0.25) is 0 Å². The Hall–Kier alpha value is -3.96. The Kier molecular flexibility index (Phi) is 6.75. The van der Waals surface area contributed by atoms with Crippen molar-refractivity contribution in [2.24, 2.45) is 0 Å². The summed E-state index contributed by atoms with van der Waals surface area (Å²) < 4.78 is 16.8. The molecule has 3 aromatic rings. The Balaban J connectivity index is 1.62. The molecule has 172 valence electrons. The first-order valence-corrected chi connectivity index (χ1v) is 11.0. The average molecular weight is 496 g/mol. The average Bonchev–Trinajstić information content (AvgIpc) is 3.12. The number of thiocarbonyl (C=S) groups is 1. The van der Waals surface area contributed by atoms with Crippen LogP contribution in [-0.4, -0.2) is 34.4 Å². The molecule has 2 aromatic carbocycles. The van der Waals surface area contributed by atoms with Gasteiger partial charge < -0.3 is 14.2 Å². The number of ether oxygens (including phenoxy) is 3. The smallest absolute Gasteiger partial charge is 0.331 e. The zero-order valence-corrected chi connectivity index (χ0v) is 19.6. The van der Waals surface area contributed by atoms with Gasteiger partial charge in [-0.2, -0.15) is 0 Å². The van der Waals surface area contributed by atoms with Crippen molar-refractivity contribution in [3.63, 3.8) is 0 Å². The van der Waals surface area contributed by atoms with Gasteiger partial charge in [-0.3, -0.25) is 19.8 Å². The number of anilines is 1. The van der Waals surface area contributed by atoms with Crippen LogP contribution in [0.4, 0.5) is 11.4 Å². The molecule has 0 saturated carbocycles. The first-order valence-electron chi connectivity index (χ1n) is 9.79. The van der Waals surface area contributed by atoms with Crippen molar-refractivity contribution in [1.29, 1.82) is 0 Å². The first-order chi connectivity index (χ1) is 16.4. The third kappa shape index (κ3) is 4.56. The molecule has 11 heteroatoms. The summed E-state index contributed by atoms with van der Waals surface area (Å²) in [5.74, 6) is 0.655. The number of hydrogen-bond donors (Lipinski definition) is 0. The topological polar surface area (TPSA) is 104 Å². The van der Waals surface area contributed by atoms with Crippen LogP contribution in [0.25, 0.3) is 6.08 Å². The van der Waals surface area contributed by atoms with E-state index in [0.717, 1.165) is 0 Å². The minimum absolute atomic E-state index is 0.156. The second-order valence-corrected chi connectivity index (χ2v) is 8.46. The zero-order valence-electron chi connectivity index (χ0n) is 18.0. The molecule has 0 radical (unpaired) electrons. The molecule has 34 heavy (non-hydrogen) atoms. The maximum absolute atomic E-state index is 13.1. The lowest BCUT2D eigenvalue weighted by molar-refractivity contribution is -0.386. The van der Waals surface area contributed by atoms with Crippen LogP contribution >= 0.6 is 24.0 Å². The molecule has 4 rings (SSSR count). The fraction of sp³-hybridized carbons (Fsp3) is 0.0870. The normalized spacial score (nSPS) is 14.4. The van der Waals surface area contributed by atoms with Crippen molar-refractivity contribution in [3.8, 4) is 23.1 Å². The summed E-state index contributed by atoms with van der Waals surface area (Å²) in [7, 11) is 2.97. The molecular weight excluding hydrogens is 478 g/mol. The number of hydrogen-bond acceptors (Lipinski definition) is 9. The predicted octanol–water partition coefficient (Wildman–Crippen LogP) is 5.21. The van der Waals surface area contributed by atoms with Crippen LogP contribution < -0.4 is 19.1 Å². The van der Waals surface area contributed by atoms with E-state index in [0.29, 0.717) is 32.0 Å². The van der Waals surface area contributed by atoms with E-state index in [9.17, 15) is 14.9 Å². The van der Waals surface area contributed by atoms with Crippen LogP contribution in [-0.2, 0) is 4.79 Å². The first kappa shape index (κ1) is 23.2. The molecule has 1 saturated heterocycles. The van der Waals surface area contributed by atoms with Gasteiger partial charge in [-0.1, -0.05) is 42.2 Å². The predicted molar refractivity (Wildman–Crippen MR) is 133 cm³/mol. The molecule has 1 aromatic heterocycles. The van der Waals surface area contributed by atoms with Gasteiger partial charge in [0.05, 0.1) is 29.7 Å². The summed E-state index contributed by atoms with van der Waals surface area (Å²) in [6, 6.07) is 14.8. The number of thioether (sulfide) groups is 1. The quantitative estimate of drug-likeness (QED) is 0.189. The van der Waals surface area contributed by atoms with E-state index in [1.54, 1.807) is 42.5 Å². The lowest BCUT2D eigenvalue weighted by atomic mass is 10.1. The molecule has 0 atom stereocenters. The molecule has 0 spiro atoms. The standard InChI is InChI=1S/C23H17N3O6S2/c1-30-17-8-4-3-6-15(17)25-22(27)20(34-23(25)33)13-14-9-10-18(19(12-14)31-2)32-21-16(26(28)29)7-5-11-24-21/h3-13H,1-2H3/b20-13-. The summed E-state index contributed by atoms with van der Waals surface area (Å²) in [6.45, 7) is 0. The second kappa shape index (κ2) is 9.89. The molecule has 1 aliphatic heterocycles. The van der Waals surface area contributed by atoms with E-state index >= 15 is 0 Å². The number of carbonyl (C=O) groups excluding carboxylic acids is 1.